The highest BCUT2D eigenvalue weighted by atomic mass is 16.2. The van der Waals surface area contributed by atoms with Crippen LogP contribution in [-0.4, -0.2) is 18.0 Å². The Labute approximate surface area is 124 Å². The monoisotopic (exact) mass is 282 g/mol. The van der Waals surface area contributed by atoms with Crippen LogP contribution in [0.2, 0.25) is 0 Å². The second kappa shape index (κ2) is 7.24. The van der Waals surface area contributed by atoms with Crippen LogP contribution < -0.4 is 10.6 Å². The van der Waals surface area contributed by atoms with Crippen molar-refractivity contribution in [2.24, 2.45) is 0 Å². The van der Waals surface area contributed by atoms with Gasteiger partial charge in [-0.3, -0.25) is 9.59 Å². The van der Waals surface area contributed by atoms with Gasteiger partial charge in [0.1, 0.15) is 6.17 Å². The van der Waals surface area contributed by atoms with E-state index in [-0.39, 0.29) is 11.8 Å². The molecule has 0 unspecified atom stereocenters. The Kier molecular flexibility index (Phi) is 5.10. The minimum atomic E-state index is -0.398. The first-order valence-electron chi connectivity index (χ1n) is 6.92. The van der Waals surface area contributed by atoms with Crippen LogP contribution in [0.5, 0.6) is 0 Å². The van der Waals surface area contributed by atoms with E-state index in [1.807, 2.05) is 19.1 Å². The standard InChI is InChI=1S/C17H18N2O2/c1-2-15(18-16(20)13-9-5-3-6-10-13)19-17(21)14-11-7-4-8-12-14/h3-12,15H,2H2,1H3,(H,18,20)(H,19,21). The third-order valence-electron chi connectivity index (χ3n) is 3.09. The van der Waals surface area contributed by atoms with Gasteiger partial charge in [-0.2, -0.15) is 0 Å². The molecule has 0 heterocycles. The number of carbonyl (C=O) groups excluding carboxylic acids is 2. The van der Waals surface area contributed by atoms with Crippen LogP contribution in [0.3, 0.4) is 0 Å². The summed E-state index contributed by atoms with van der Waals surface area (Å²) < 4.78 is 0. The first-order chi connectivity index (χ1) is 10.2. The van der Waals surface area contributed by atoms with Crippen molar-refractivity contribution in [2.45, 2.75) is 19.5 Å². The molecule has 4 nitrogen and oxygen atoms in total. The maximum atomic E-state index is 12.1. The lowest BCUT2D eigenvalue weighted by molar-refractivity contribution is 0.0882. The van der Waals surface area contributed by atoms with E-state index < -0.39 is 6.17 Å². The van der Waals surface area contributed by atoms with E-state index >= 15 is 0 Å². The van der Waals surface area contributed by atoms with Gasteiger partial charge in [-0.25, -0.2) is 0 Å². The third kappa shape index (κ3) is 4.18. The van der Waals surface area contributed by atoms with E-state index in [0.29, 0.717) is 17.5 Å². The van der Waals surface area contributed by atoms with Gasteiger partial charge in [0.2, 0.25) is 0 Å². The predicted molar refractivity (Wildman–Crippen MR) is 81.9 cm³/mol. The van der Waals surface area contributed by atoms with Crippen LogP contribution in [0.15, 0.2) is 60.7 Å². The van der Waals surface area contributed by atoms with Crippen LogP contribution in [-0.2, 0) is 0 Å². The topological polar surface area (TPSA) is 58.2 Å². The minimum absolute atomic E-state index is 0.198. The Balaban J connectivity index is 1.98. The molecule has 0 saturated carbocycles. The maximum Gasteiger partial charge on any atom is 0.252 e. The van der Waals surface area contributed by atoms with E-state index in [1.165, 1.54) is 0 Å². The number of hydrogen-bond acceptors (Lipinski definition) is 2. The predicted octanol–water partition coefficient (Wildman–Crippen LogP) is 2.58. The van der Waals surface area contributed by atoms with Crippen molar-refractivity contribution in [1.82, 2.24) is 10.6 Å². The van der Waals surface area contributed by atoms with E-state index in [9.17, 15) is 9.59 Å². The average Bonchev–Trinajstić information content (AvgIpc) is 2.55. The molecule has 0 aliphatic carbocycles. The van der Waals surface area contributed by atoms with Gasteiger partial charge < -0.3 is 10.6 Å². The lowest BCUT2D eigenvalue weighted by Gasteiger charge is -2.18. The summed E-state index contributed by atoms with van der Waals surface area (Å²) >= 11 is 0. The second-order valence-corrected chi connectivity index (χ2v) is 4.64. The maximum absolute atomic E-state index is 12.1. The molecule has 21 heavy (non-hydrogen) atoms. The fourth-order valence-corrected chi connectivity index (χ4v) is 1.90. The Morgan fingerprint density at radius 1 is 0.810 bits per heavy atom. The summed E-state index contributed by atoms with van der Waals surface area (Å²) in [6.07, 6.45) is 0.211. The Bertz CT molecular complexity index is 543. The molecule has 2 aromatic rings. The number of benzene rings is 2. The highest BCUT2D eigenvalue weighted by Crippen LogP contribution is 2.02. The molecular formula is C17H18N2O2. The zero-order chi connectivity index (χ0) is 15.1. The van der Waals surface area contributed by atoms with Gasteiger partial charge in [0.15, 0.2) is 0 Å². The van der Waals surface area contributed by atoms with Crippen molar-refractivity contribution in [3.05, 3.63) is 71.8 Å². The van der Waals surface area contributed by atoms with Gasteiger partial charge in [0, 0.05) is 11.1 Å². The van der Waals surface area contributed by atoms with Crippen LogP contribution in [0.4, 0.5) is 0 Å². The zero-order valence-electron chi connectivity index (χ0n) is 11.9. The highest BCUT2D eigenvalue weighted by molar-refractivity contribution is 5.96. The molecule has 4 heteroatoms. The molecule has 0 bridgehead atoms. The largest absolute Gasteiger partial charge is 0.332 e. The van der Waals surface area contributed by atoms with Crippen molar-refractivity contribution in [1.29, 1.82) is 0 Å². The zero-order valence-corrected chi connectivity index (χ0v) is 11.9. The quantitative estimate of drug-likeness (QED) is 0.828. The van der Waals surface area contributed by atoms with Gasteiger partial charge in [-0.05, 0) is 30.7 Å². The molecule has 2 rings (SSSR count). The Morgan fingerprint density at radius 3 is 1.52 bits per heavy atom. The molecule has 0 spiro atoms. The van der Waals surface area contributed by atoms with Crippen molar-refractivity contribution < 1.29 is 9.59 Å². The average molecular weight is 282 g/mol. The summed E-state index contributed by atoms with van der Waals surface area (Å²) in [5, 5.41) is 5.63. The van der Waals surface area contributed by atoms with Gasteiger partial charge in [0.05, 0.1) is 0 Å². The van der Waals surface area contributed by atoms with E-state index in [2.05, 4.69) is 10.6 Å². The smallest absolute Gasteiger partial charge is 0.252 e. The Hall–Kier alpha value is -2.62. The van der Waals surface area contributed by atoms with Gasteiger partial charge in [-0.1, -0.05) is 43.3 Å². The third-order valence-corrected chi connectivity index (χ3v) is 3.09. The van der Waals surface area contributed by atoms with Crippen molar-refractivity contribution >= 4 is 11.8 Å². The minimum Gasteiger partial charge on any atom is -0.332 e. The molecule has 108 valence electrons. The summed E-state index contributed by atoms with van der Waals surface area (Å²) in [6, 6.07) is 17.9. The molecule has 0 aromatic heterocycles. The molecule has 2 N–H and O–H groups in total. The molecule has 0 radical (unpaired) electrons. The number of amides is 2. The number of hydrogen-bond donors (Lipinski definition) is 2. The van der Waals surface area contributed by atoms with Gasteiger partial charge in [-0.15, -0.1) is 0 Å². The summed E-state index contributed by atoms with van der Waals surface area (Å²) in [7, 11) is 0. The molecule has 0 aliphatic rings. The molecule has 2 aromatic carbocycles. The lowest BCUT2D eigenvalue weighted by Crippen LogP contribution is -2.47. The van der Waals surface area contributed by atoms with Crippen molar-refractivity contribution in [3.63, 3.8) is 0 Å². The van der Waals surface area contributed by atoms with E-state index in [0.717, 1.165) is 0 Å². The van der Waals surface area contributed by atoms with Crippen LogP contribution >= 0.6 is 0 Å². The Morgan fingerprint density at radius 2 is 1.19 bits per heavy atom. The van der Waals surface area contributed by atoms with Crippen LogP contribution in [0, 0.1) is 0 Å². The first kappa shape index (κ1) is 14.8. The second-order valence-electron chi connectivity index (χ2n) is 4.64. The summed E-state index contributed by atoms with van der Waals surface area (Å²) in [5.74, 6) is -0.397. The SMILES string of the molecule is CCC(NC(=O)c1ccccc1)NC(=O)c1ccccc1. The lowest BCUT2D eigenvalue weighted by atomic mass is 10.2. The molecular weight excluding hydrogens is 264 g/mol. The molecule has 0 fully saturated rings. The number of nitrogens with one attached hydrogen (secondary N) is 2. The molecule has 0 atom stereocenters. The van der Waals surface area contributed by atoms with Crippen LogP contribution in [0.25, 0.3) is 0 Å². The summed E-state index contributed by atoms with van der Waals surface area (Å²) in [6.45, 7) is 1.90. The molecule has 2 amide bonds. The van der Waals surface area contributed by atoms with Crippen LogP contribution in [0.1, 0.15) is 34.1 Å². The fraction of sp³-hybridized carbons (Fsp3) is 0.176. The normalized spacial score (nSPS) is 10.2. The molecule has 0 saturated heterocycles. The highest BCUT2D eigenvalue weighted by Gasteiger charge is 2.15. The molecule has 0 aliphatic heterocycles. The number of rotatable bonds is 5. The number of carbonyl (C=O) groups is 2. The van der Waals surface area contributed by atoms with Crippen molar-refractivity contribution in [3.8, 4) is 0 Å². The van der Waals surface area contributed by atoms with E-state index in [1.54, 1.807) is 48.5 Å². The van der Waals surface area contributed by atoms with Gasteiger partial charge >= 0.3 is 0 Å². The first-order valence-corrected chi connectivity index (χ1v) is 6.92. The van der Waals surface area contributed by atoms with E-state index in [4.69, 9.17) is 0 Å². The summed E-state index contributed by atoms with van der Waals surface area (Å²) in [4.78, 5) is 24.1. The fourth-order valence-electron chi connectivity index (χ4n) is 1.90. The summed E-state index contributed by atoms with van der Waals surface area (Å²) in [5.41, 5.74) is 1.15. The van der Waals surface area contributed by atoms with Crippen molar-refractivity contribution in [2.75, 3.05) is 0 Å². The van der Waals surface area contributed by atoms with Gasteiger partial charge in [0.25, 0.3) is 11.8 Å².